The maximum Gasteiger partial charge on any atom is 0.256 e. The molecule has 1 fully saturated rings. The first kappa shape index (κ1) is 25.4. The van der Waals surface area contributed by atoms with Crippen molar-refractivity contribution in [3.63, 3.8) is 0 Å². The summed E-state index contributed by atoms with van der Waals surface area (Å²) in [6.45, 7) is 6.13. The minimum absolute atomic E-state index is 0.174. The van der Waals surface area contributed by atoms with Crippen molar-refractivity contribution in [2.24, 2.45) is 0 Å². The lowest BCUT2D eigenvalue weighted by Gasteiger charge is -2.24. The smallest absolute Gasteiger partial charge is 0.256 e. The first-order valence-corrected chi connectivity index (χ1v) is 14.9. The van der Waals surface area contributed by atoms with Crippen molar-refractivity contribution >= 4 is 49.5 Å². The number of carbonyl (C=O) groups excluding carboxylic acids is 1. The highest BCUT2D eigenvalue weighted by Crippen LogP contribution is 2.34. The van der Waals surface area contributed by atoms with Gasteiger partial charge in [-0.05, 0) is 54.6 Å². The van der Waals surface area contributed by atoms with Crippen molar-refractivity contribution in [2.75, 3.05) is 36.4 Å². The van der Waals surface area contributed by atoms with Crippen LogP contribution in [0.4, 0.5) is 11.4 Å². The van der Waals surface area contributed by atoms with Gasteiger partial charge in [0.2, 0.25) is 10.0 Å². The maximum atomic E-state index is 13.8. The van der Waals surface area contributed by atoms with Gasteiger partial charge in [0.05, 0.1) is 37.9 Å². The summed E-state index contributed by atoms with van der Waals surface area (Å²) in [4.78, 5) is 21.9. The van der Waals surface area contributed by atoms with Crippen molar-refractivity contribution in [2.45, 2.75) is 31.6 Å². The predicted molar refractivity (Wildman–Crippen MR) is 151 cm³/mol. The van der Waals surface area contributed by atoms with E-state index in [2.05, 4.69) is 10.2 Å². The molecule has 2 aromatic carbocycles. The maximum absolute atomic E-state index is 13.8. The molecule has 0 saturated carbocycles. The zero-order valence-electron chi connectivity index (χ0n) is 21.0. The number of nitrogens with one attached hydrogen (secondary N) is 1. The Hall–Kier alpha value is -3.27. The van der Waals surface area contributed by atoms with Crippen molar-refractivity contribution in [3.8, 4) is 10.6 Å². The molecular weight excluding hydrogens is 504 g/mol. The summed E-state index contributed by atoms with van der Waals surface area (Å²) in [6, 6.07) is 18.4. The van der Waals surface area contributed by atoms with E-state index < -0.39 is 10.0 Å². The van der Waals surface area contributed by atoms with E-state index in [0.717, 1.165) is 53.1 Å². The fraction of sp³-hybridized carbons (Fsp3) is 0.286. The molecule has 1 saturated heterocycles. The molecule has 192 valence electrons. The minimum Gasteiger partial charge on any atom is -0.370 e. The second-order valence-electron chi connectivity index (χ2n) is 8.97. The molecule has 5 rings (SSSR count). The Kier molecular flexibility index (Phi) is 7.28. The van der Waals surface area contributed by atoms with E-state index in [4.69, 9.17) is 4.98 Å². The molecule has 0 bridgehead atoms. The number of hydrogen-bond acceptors (Lipinski definition) is 6. The van der Waals surface area contributed by atoms with Crippen LogP contribution in [0.1, 0.15) is 37.0 Å². The first-order chi connectivity index (χ1) is 17.9. The van der Waals surface area contributed by atoms with Crippen LogP contribution in [0.5, 0.6) is 0 Å². The summed E-state index contributed by atoms with van der Waals surface area (Å²) in [6.07, 6.45) is 2.12. The third-order valence-electron chi connectivity index (χ3n) is 6.74. The van der Waals surface area contributed by atoms with Crippen LogP contribution in [0, 0.1) is 0 Å². The molecule has 4 aromatic rings. The molecule has 37 heavy (non-hydrogen) atoms. The lowest BCUT2D eigenvalue weighted by molar-refractivity contribution is 0.102. The molecule has 0 unspecified atom stereocenters. The Labute approximate surface area is 221 Å². The molecule has 0 aliphatic carbocycles. The van der Waals surface area contributed by atoms with Crippen LogP contribution in [0.25, 0.3) is 21.5 Å². The fourth-order valence-electron chi connectivity index (χ4n) is 4.83. The highest BCUT2D eigenvalue weighted by Gasteiger charge is 2.25. The van der Waals surface area contributed by atoms with Crippen LogP contribution in [-0.4, -0.2) is 49.8 Å². The predicted octanol–water partition coefficient (Wildman–Crippen LogP) is 5.85. The Morgan fingerprint density at radius 3 is 2.49 bits per heavy atom. The zero-order chi connectivity index (χ0) is 26.0. The Balaban J connectivity index is 1.59. The number of anilines is 2. The largest absolute Gasteiger partial charge is 0.370 e. The quantitative estimate of drug-likeness (QED) is 0.307. The first-order valence-electron chi connectivity index (χ1n) is 12.6. The van der Waals surface area contributed by atoms with Crippen LogP contribution in [0.2, 0.25) is 0 Å². The molecule has 9 heteroatoms. The number of para-hydroxylation sites is 1. The third-order valence-corrected chi connectivity index (χ3v) is 9.68. The van der Waals surface area contributed by atoms with Crippen LogP contribution in [-0.2, 0) is 10.0 Å². The van der Waals surface area contributed by atoms with Crippen LogP contribution in [0.3, 0.4) is 0 Å². The van der Waals surface area contributed by atoms with Crippen LogP contribution < -0.4 is 10.2 Å². The van der Waals surface area contributed by atoms with Gasteiger partial charge in [0.1, 0.15) is 0 Å². The lowest BCUT2D eigenvalue weighted by atomic mass is 10.1. The highest BCUT2D eigenvalue weighted by atomic mass is 32.2. The summed E-state index contributed by atoms with van der Waals surface area (Å²) in [7, 11) is -3.68. The Bertz CT molecular complexity index is 1520. The van der Waals surface area contributed by atoms with E-state index >= 15 is 0 Å². The van der Waals surface area contributed by atoms with Crippen molar-refractivity contribution in [1.82, 2.24) is 9.29 Å². The molecule has 1 aliphatic heterocycles. The van der Waals surface area contributed by atoms with Gasteiger partial charge < -0.3 is 10.2 Å². The van der Waals surface area contributed by atoms with E-state index in [9.17, 15) is 13.2 Å². The molecule has 1 N–H and O–H groups in total. The molecule has 0 radical (unpaired) electrons. The minimum atomic E-state index is -3.68. The lowest BCUT2D eigenvalue weighted by Crippen LogP contribution is -2.31. The molecule has 2 aromatic heterocycles. The van der Waals surface area contributed by atoms with Gasteiger partial charge in [-0.3, -0.25) is 4.79 Å². The van der Waals surface area contributed by atoms with E-state index in [0.29, 0.717) is 24.3 Å². The highest BCUT2D eigenvalue weighted by molar-refractivity contribution is 7.89. The second-order valence-corrected chi connectivity index (χ2v) is 11.9. The average molecular weight is 535 g/mol. The number of nitrogens with zero attached hydrogens (tertiary/aromatic N) is 3. The third kappa shape index (κ3) is 4.99. The summed E-state index contributed by atoms with van der Waals surface area (Å²) >= 11 is 1.57. The number of fused-ring (bicyclic) bond motifs is 1. The monoisotopic (exact) mass is 534 g/mol. The summed E-state index contributed by atoms with van der Waals surface area (Å²) < 4.78 is 28.0. The summed E-state index contributed by atoms with van der Waals surface area (Å²) in [5, 5.41) is 5.80. The van der Waals surface area contributed by atoms with Gasteiger partial charge >= 0.3 is 0 Å². The fourth-order valence-corrected chi connectivity index (χ4v) is 7.00. The number of sulfonamides is 1. The topological polar surface area (TPSA) is 82.6 Å². The van der Waals surface area contributed by atoms with Crippen LogP contribution in [0.15, 0.2) is 70.9 Å². The van der Waals surface area contributed by atoms with Gasteiger partial charge in [0, 0.05) is 31.6 Å². The van der Waals surface area contributed by atoms with Gasteiger partial charge in [0.25, 0.3) is 5.91 Å². The van der Waals surface area contributed by atoms with Gasteiger partial charge in [-0.15, -0.1) is 11.3 Å². The SMILES string of the molecule is CCN(CC)S(=O)(=O)c1ccc(N2CCCC2)c(NC(=O)c2cc(-c3cccs3)nc3ccccc23)c1. The zero-order valence-corrected chi connectivity index (χ0v) is 22.6. The number of hydrogen-bond donors (Lipinski definition) is 1. The second kappa shape index (κ2) is 10.6. The average Bonchev–Trinajstić information content (AvgIpc) is 3.63. The van der Waals surface area contributed by atoms with E-state index in [1.807, 2.05) is 67.8 Å². The Morgan fingerprint density at radius 2 is 1.78 bits per heavy atom. The Morgan fingerprint density at radius 1 is 1.03 bits per heavy atom. The molecule has 0 spiro atoms. The number of aromatic nitrogens is 1. The number of pyridine rings is 1. The number of benzene rings is 2. The van der Waals surface area contributed by atoms with E-state index in [1.165, 1.54) is 4.31 Å². The molecule has 3 heterocycles. The van der Waals surface area contributed by atoms with Crippen molar-refractivity contribution in [1.29, 1.82) is 0 Å². The number of thiophene rings is 1. The van der Waals surface area contributed by atoms with Gasteiger partial charge in [-0.1, -0.05) is 38.1 Å². The normalized spacial score (nSPS) is 14.0. The standard InChI is InChI=1S/C28H30N4O3S2/c1-3-32(4-2)37(34,35)20-13-14-26(31-15-7-8-16-31)24(18-20)30-28(33)22-19-25(27-12-9-17-36-27)29-23-11-6-5-10-21(22)23/h5-6,9-14,17-19H,3-4,7-8,15-16H2,1-2H3,(H,30,33). The molecule has 1 aliphatic rings. The molecule has 0 atom stereocenters. The molecular formula is C28H30N4O3S2. The van der Waals surface area contributed by atoms with Crippen LogP contribution >= 0.6 is 11.3 Å². The van der Waals surface area contributed by atoms with E-state index in [-0.39, 0.29) is 10.8 Å². The summed E-state index contributed by atoms with van der Waals surface area (Å²) in [5.41, 5.74) is 3.30. The van der Waals surface area contributed by atoms with Crippen molar-refractivity contribution in [3.05, 3.63) is 71.6 Å². The number of amides is 1. The van der Waals surface area contributed by atoms with E-state index in [1.54, 1.807) is 23.5 Å². The number of rotatable bonds is 8. The van der Waals surface area contributed by atoms with Gasteiger partial charge in [0.15, 0.2) is 0 Å². The number of carbonyl (C=O) groups is 1. The van der Waals surface area contributed by atoms with Gasteiger partial charge in [-0.25, -0.2) is 13.4 Å². The molecule has 7 nitrogen and oxygen atoms in total. The van der Waals surface area contributed by atoms with Crippen molar-refractivity contribution < 1.29 is 13.2 Å². The summed E-state index contributed by atoms with van der Waals surface area (Å²) in [5.74, 6) is -0.297. The molecule has 1 amide bonds. The van der Waals surface area contributed by atoms with Gasteiger partial charge in [-0.2, -0.15) is 4.31 Å².